The summed E-state index contributed by atoms with van der Waals surface area (Å²) in [5, 5.41) is 11.9. The van der Waals surface area contributed by atoms with E-state index in [-0.39, 0.29) is 0 Å². The monoisotopic (exact) mass is 247 g/mol. The molecule has 1 unspecified atom stereocenters. The average Bonchev–Trinajstić information content (AvgIpc) is 2.58. The van der Waals surface area contributed by atoms with Crippen molar-refractivity contribution in [3.05, 3.63) is 21.3 Å². The lowest BCUT2D eigenvalue weighted by Crippen LogP contribution is -2.35. The Labute approximate surface area is 98.1 Å². The van der Waals surface area contributed by atoms with E-state index in [1.165, 1.54) is 11.3 Å². The fourth-order valence-electron chi connectivity index (χ4n) is 1.27. The number of carboxylic acid groups (broad SMARTS) is 1. The van der Waals surface area contributed by atoms with Crippen LogP contribution >= 0.6 is 22.9 Å². The van der Waals surface area contributed by atoms with Crippen molar-refractivity contribution in [1.29, 1.82) is 0 Å². The molecule has 1 atom stereocenters. The summed E-state index contributed by atoms with van der Waals surface area (Å²) in [7, 11) is 0. The van der Waals surface area contributed by atoms with Gasteiger partial charge in [0.2, 0.25) is 0 Å². The first-order valence-corrected chi connectivity index (χ1v) is 6.03. The van der Waals surface area contributed by atoms with Gasteiger partial charge in [-0.2, -0.15) is 0 Å². The standard InChI is InChI=1S/C10H14ClNO2S/c1-2-3-8(10(13)14)12-6-7-4-5-9(11)15-7/h4-5,8,12H,2-3,6H2,1H3,(H,13,14). The minimum atomic E-state index is -0.792. The summed E-state index contributed by atoms with van der Waals surface area (Å²) in [6, 6.07) is 3.26. The van der Waals surface area contributed by atoms with Gasteiger partial charge >= 0.3 is 5.97 Å². The van der Waals surface area contributed by atoms with E-state index in [0.717, 1.165) is 15.6 Å². The van der Waals surface area contributed by atoms with Crippen molar-refractivity contribution >= 4 is 28.9 Å². The van der Waals surface area contributed by atoms with Crippen molar-refractivity contribution in [2.75, 3.05) is 0 Å². The van der Waals surface area contributed by atoms with Crippen LogP contribution in [0.1, 0.15) is 24.6 Å². The highest BCUT2D eigenvalue weighted by atomic mass is 35.5. The lowest BCUT2D eigenvalue weighted by atomic mass is 10.1. The number of hydrogen-bond donors (Lipinski definition) is 2. The Bertz CT molecular complexity index is 327. The molecule has 5 heteroatoms. The largest absolute Gasteiger partial charge is 0.480 e. The van der Waals surface area contributed by atoms with Gasteiger partial charge in [0.15, 0.2) is 0 Å². The van der Waals surface area contributed by atoms with Crippen LogP contribution < -0.4 is 5.32 Å². The van der Waals surface area contributed by atoms with Crippen LogP contribution in [-0.4, -0.2) is 17.1 Å². The number of thiophene rings is 1. The summed E-state index contributed by atoms with van der Waals surface area (Å²) in [6.45, 7) is 2.54. The third kappa shape index (κ3) is 4.20. The van der Waals surface area contributed by atoms with Gasteiger partial charge in [0.05, 0.1) is 4.34 Å². The molecule has 2 N–H and O–H groups in total. The lowest BCUT2D eigenvalue weighted by molar-refractivity contribution is -0.139. The Kier molecular flexibility index (Phi) is 5.08. The summed E-state index contributed by atoms with van der Waals surface area (Å²) in [5.41, 5.74) is 0. The van der Waals surface area contributed by atoms with E-state index in [0.29, 0.717) is 13.0 Å². The molecule has 15 heavy (non-hydrogen) atoms. The molecule has 1 rings (SSSR count). The van der Waals surface area contributed by atoms with Gasteiger partial charge in [-0.1, -0.05) is 24.9 Å². The molecular formula is C10H14ClNO2S. The summed E-state index contributed by atoms with van der Waals surface area (Å²) >= 11 is 7.24. The minimum absolute atomic E-state index is 0.462. The molecule has 0 spiro atoms. The van der Waals surface area contributed by atoms with Crippen LogP contribution in [0.5, 0.6) is 0 Å². The van der Waals surface area contributed by atoms with Gasteiger partial charge in [0.25, 0.3) is 0 Å². The molecule has 0 amide bonds. The lowest BCUT2D eigenvalue weighted by Gasteiger charge is -2.12. The van der Waals surface area contributed by atoms with E-state index in [4.69, 9.17) is 16.7 Å². The molecule has 0 radical (unpaired) electrons. The van der Waals surface area contributed by atoms with E-state index in [2.05, 4.69) is 5.32 Å². The Morgan fingerprint density at radius 3 is 2.87 bits per heavy atom. The first-order valence-electron chi connectivity index (χ1n) is 4.84. The van der Waals surface area contributed by atoms with E-state index in [1.807, 2.05) is 19.1 Å². The topological polar surface area (TPSA) is 49.3 Å². The van der Waals surface area contributed by atoms with Crippen molar-refractivity contribution < 1.29 is 9.90 Å². The molecule has 0 aliphatic heterocycles. The van der Waals surface area contributed by atoms with Crippen molar-refractivity contribution in [3.8, 4) is 0 Å². The third-order valence-corrected chi connectivity index (χ3v) is 3.26. The predicted octanol–water partition coefficient (Wildman–Crippen LogP) is 2.74. The Hall–Kier alpha value is -0.580. The van der Waals surface area contributed by atoms with Gasteiger partial charge in [-0.25, -0.2) is 0 Å². The van der Waals surface area contributed by atoms with Crippen LogP contribution in [0.4, 0.5) is 0 Å². The normalized spacial score (nSPS) is 12.7. The van der Waals surface area contributed by atoms with Crippen molar-refractivity contribution in [3.63, 3.8) is 0 Å². The van der Waals surface area contributed by atoms with E-state index >= 15 is 0 Å². The molecule has 0 saturated carbocycles. The highest BCUT2D eigenvalue weighted by Crippen LogP contribution is 2.21. The molecule has 1 aromatic heterocycles. The van der Waals surface area contributed by atoms with E-state index in [1.54, 1.807) is 0 Å². The maximum absolute atomic E-state index is 10.8. The Morgan fingerprint density at radius 1 is 1.67 bits per heavy atom. The second-order valence-corrected chi connectivity index (χ2v) is 5.07. The van der Waals surface area contributed by atoms with Crippen molar-refractivity contribution in [2.45, 2.75) is 32.4 Å². The number of rotatable bonds is 6. The molecule has 1 heterocycles. The van der Waals surface area contributed by atoms with Crippen LogP contribution in [0, 0.1) is 0 Å². The highest BCUT2D eigenvalue weighted by molar-refractivity contribution is 7.16. The SMILES string of the molecule is CCCC(NCc1ccc(Cl)s1)C(=O)O. The quantitative estimate of drug-likeness (QED) is 0.813. The van der Waals surface area contributed by atoms with Gasteiger partial charge in [0.1, 0.15) is 6.04 Å². The highest BCUT2D eigenvalue weighted by Gasteiger charge is 2.15. The molecule has 0 fully saturated rings. The zero-order valence-corrected chi connectivity index (χ0v) is 10.1. The average molecular weight is 248 g/mol. The smallest absolute Gasteiger partial charge is 0.320 e. The number of nitrogens with one attached hydrogen (secondary N) is 1. The Morgan fingerprint density at radius 2 is 2.40 bits per heavy atom. The number of halogens is 1. The zero-order chi connectivity index (χ0) is 11.3. The number of carboxylic acids is 1. The Balaban J connectivity index is 2.43. The molecule has 0 aliphatic rings. The maximum Gasteiger partial charge on any atom is 0.320 e. The number of hydrogen-bond acceptors (Lipinski definition) is 3. The number of aliphatic carboxylic acids is 1. The first kappa shape index (κ1) is 12.5. The second-order valence-electron chi connectivity index (χ2n) is 3.27. The molecule has 0 bridgehead atoms. The fourth-order valence-corrected chi connectivity index (χ4v) is 2.31. The zero-order valence-electron chi connectivity index (χ0n) is 8.50. The summed E-state index contributed by atoms with van der Waals surface area (Å²) in [6.07, 6.45) is 1.50. The third-order valence-electron chi connectivity index (χ3n) is 2.03. The molecule has 0 aromatic carbocycles. The second kappa shape index (κ2) is 6.10. The van der Waals surface area contributed by atoms with E-state index < -0.39 is 12.0 Å². The predicted molar refractivity (Wildman–Crippen MR) is 62.5 cm³/mol. The fraction of sp³-hybridized carbons (Fsp3) is 0.500. The van der Waals surface area contributed by atoms with Gasteiger partial charge in [-0.05, 0) is 18.6 Å². The van der Waals surface area contributed by atoms with Crippen molar-refractivity contribution in [1.82, 2.24) is 5.32 Å². The molecule has 1 aromatic rings. The molecule has 3 nitrogen and oxygen atoms in total. The molecule has 0 saturated heterocycles. The van der Waals surface area contributed by atoms with Gasteiger partial charge in [0, 0.05) is 11.4 Å². The van der Waals surface area contributed by atoms with Gasteiger partial charge in [-0.15, -0.1) is 11.3 Å². The van der Waals surface area contributed by atoms with Crippen LogP contribution in [0.2, 0.25) is 4.34 Å². The molecule has 0 aliphatic carbocycles. The van der Waals surface area contributed by atoms with E-state index in [9.17, 15) is 4.79 Å². The van der Waals surface area contributed by atoms with Crippen LogP contribution in [0.15, 0.2) is 12.1 Å². The molecular weight excluding hydrogens is 234 g/mol. The number of carbonyl (C=O) groups is 1. The maximum atomic E-state index is 10.8. The summed E-state index contributed by atoms with van der Waals surface area (Å²) in [4.78, 5) is 11.9. The first-order chi connectivity index (χ1) is 7.13. The van der Waals surface area contributed by atoms with Gasteiger partial charge in [-0.3, -0.25) is 10.1 Å². The van der Waals surface area contributed by atoms with Crippen LogP contribution in [0.3, 0.4) is 0 Å². The van der Waals surface area contributed by atoms with Crippen LogP contribution in [-0.2, 0) is 11.3 Å². The summed E-state index contributed by atoms with van der Waals surface area (Å²) < 4.78 is 0.731. The molecule has 84 valence electrons. The summed E-state index contributed by atoms with van der Waals surface area (Å²) in [5.74, 6) is -0.792. The van der Waals surface area contributed by atoms with Gasteiger partial charge < -0.3 is 5.11 Å². The van der Waals surface area contributed by atoms with Crippen molar-refractivity contribution in [2.24, 2.45) is 0 Å². The van der Waals surface area contributed by atoms with Crippen LogP contribution in [0.25, 0.3) is 0 Å². The minimum Gasteiger partial charge on any atom is -0.480 e.